The summed E-state index contributed by atoms with van der Waals surface area (Å²) in [5.41, 5.74) is 9.58. The predicted octanol–water partition coefficient (Wildman–Crippen LogP) is 3.41. The molecular formula is C23H25N3O3. The molecule has 0 saturated carbocycles. The number of carbonyl (C=O) groups excluding carboxylic acids is 1. The molecule has 1 amide bonds. The topological polar surface area (TPSA) is 86.5 Å². The maximum Gasteiger partial charge on any atom is 0.252 e. The number of primary amides is 1. The minimum absolute atomic E-state index is 0.376. The van der Waals surface area contributed by atoms with Crippen molar-refractivity contribution in [3.63, 3.8) is 0 Å². The van der Waals surface area contributed by atoms with E-state index in [4.69, 9.17) is 15.2 Å². The number of nitrogens with one attached hydrogen (secondary N) is 1. The van der Waals surface area contributed by atoms with Crippen LogP contribution in [-0.4, -0.2) is 31.2 Å². The molecule has 0 spiro atoms. The van der Waals surface area contributed by atoms with Gasteiger partial charge in [-0.15, -0.1) is 0 Å². The molecule has 0 unspecified atom stereocenters. The van der Waals surface area contributed by atoms with E-state index in [1.807, 2.05) is 60.7 Å². The number of nitrogens with zero attached hydrogens (tertiary/aromatic N) is 1. The van der Waals surface area contributed by atoms with Gasteiger partial charge in [-0.1, -0.05) is 42.5 Å². The molecule has 0 saturated heterocycles. The van der Waals surface area contributed by atoms with Crippen LogP contribution in [0, 0.1) is 0 Å². The highest BCUT2D eigenvalue weighted by atomic mass is 16.5. The standard InChI is InChI=1S/C23H25N3O3/c1-28-10-11-29-20-9-5-8-18(13-20)12-19-14-22(21(16-25-19)23(24)27)26-15-17-6-3-2-4-7-17/h2-9,13-14,16H,10-12,15H2,1H3,(H2,24,27)(H,25,26). The Morgan fingerprint density at radius 2 is 1.83 bits per heavy atom. The first-order valence-electron chi connectivity index (χ1n) is 9.43. The van der Waals surface area contributed by atoms with Crippen molar-refractivity contribution in [2.24, 2.45) is 5.73 Å². The number of rotatable bonds is 10. The fourth-order valence-electron chi connectivity index (χ4n) is 2.93. The van der Waals surface area contributed by atoms with E-state index in [9.17, 15) is 4.79 Å². The maximum absolute atomic E-state index is 11.8. The van der Waals surface area contributed by atoms with E-state index in [-0.39, 0.29) is 0 Å². The van der Waals surface area contributed by atoms with Gasteiger partial charge >= 0.3 is 0 Å². The third-order valence-corrected chi connectivity index (χ3v) is 4.39. The number of aromatic nitrogens is 1. The van der Waals surface area contributed by atoms with Crippen LogP contribution in [-0.2, 0) is 17.7 Å². The van der Waals surface area contributed by atoms with Crippen molar-refractivity contribution >= 4 is 11.6 Å². The van der Waals surface area contributed by atoms with Gasteiger partial charge in [0.2, 0.25) is 0 Å². The number of hydrogen-bond donors (Lipinski definition) is 2. The SMILES string of the molecule is COCCOc1cccc(Cc2cc(NCc3ccccc3)c(C(N)=O)cn2)c1. The zero-order valence-corrected chi connectivity index (χ0v) is 16.4. The van der Waals surface area contributed by atoms with Gasteiger partial charge in [-0.25, -0.2) is 0 Å². The number of pyridine rings is 1. The number of ether oxygens (including phenoxy) is 2. The molecular weight excluding hydrogens is 366 g/mol. The molecule has 0 fully saturated rings. The van der Waals surface area contributed by atoms with Gasteiger partial charge in [-0.05, 0) is 29.3 Å². The fourth-order valence-corrected chi connectivity index (χ4v) is 2.93. The molecule has 150 valence electrons. The second kappa shape index (κ2) is 10.2. The molecule has 6 nitrogen and oxygen atoms in total. The van der Waals surface area contributed by atoms with Crippen molar-refractivity contribution in [1.82, 2.24) is 4.98 Å². The lowest BCUT2D eigenvalue weighted by atomic mass is 10.1. The highest BCUT2D eigenvalue weighted by Crippen LogP contribution is 2.20. The van der Waals surface area contributed by atoms with Crippen molar-refractivity contribution in [2.75, 3.05) is 25.6 Å². The monoisotopic (exact) mass is 391 g/mol. The van der Waals surface area contributed by atoms with Crippen LogP contribution in [0.15, 0.2) is 66.9 Å². The number of methoxy groups -OCH3 is 1. The molecule has 0 radical (unpaired) electrons. The first-order chi connectivity index (χ1) is 14.2. The van der Waals surface area contributed by atoms with Gasteiger partial charge in [0, 0.05) is 32.0 Å². The summed E-state index contributed by atoms with van der Waals surface area (Å²) in [7, 11) is 1.64. The molecule has 3 aromatic rings. The zero-order chi connectivity index (χ0) is 20.5. The average Bonchev–Trinajstić information content (AvgIpc) is 2.73. The number of benzene rings is 2. The molecule has 1 aromatic heterocycles. The molecule has 0 atom stereocenters. The summed E-state index contributed by atoms with van der Waals surface area (Å²) >= 11 is 0. The summed E-state index contributed by atoms with van der Waals surface area (Å²) in [6, 6.07) is 19.7. The van der Waals surface area contributed by atoms with E-state index in [0.29, 0.717) is 37.4 Å². The van der Waals surface area contributed by atoms with Crippen LogP contribution in [0.5, 0.6) is 5.75 Å². The summed E-state index contributed by atoms with van der Waals surface area (Å²) in [4.78, 5) is 16.2. The van der Waals surface area contributed by atoms with E-state index in [2.05, 4.69) is 10.3 Å². The predicted molar refractivity (Wildman–Crippen MR) is 113 cm³/mol. The molecule has 0 aliphatic carbocycles. The highest BCUT2D eigenvalue weighted by molar-refractivity contribution is 5.98. The minimum atomic E-state index is -0.506. The maximum atomic E-state index is 11.8. The van der Waals surface area contributed by atoms with Crippen LogP contribution < -0.4 is 15.8 Å². The number of anilines is 1. The quantitative estimate of drug-likeness (QED) is 0.517. The summed E-state index contributed by atoms with van der Waals surface area (Å²) in [5.74, 6) is 0.281. The van der Waals surface area contributed by atoms with Gasteiger partial charge in [0.15, 0.2) is 0 Å². The third-order valence-electron chi connectivity index (χ3n) is 4.39. The number of hydrogen-bond acceptors (Lipinski definition) is 5. The van der Waals surface area contributed by atoms with Gasteiger partial charge in [-0.3, -0.25) is 9.78 Å². The Bertz CT molecular complexity index is 945. The lowest BCUT2D eigenvalue weighted by Gasteiger charge is -2.12. The van der Waals surface area contributed by atoms with Crippen molar-refractivity contribution in [2.45, 2.75) is 13.0 Å². The Balaban J connectivity index is 1.74. The van der Waals surface area contributed by atoms with Gasteiger partial charge in [0.25, 0.3) is 5.91 Å². The van der Waals surface area contributed by atoms with Gasteiger partial charge in [0.05, 0.1) is 17.9 Å². The van der Waals surface area contributed by atoms with Crippen molar-refractivity contribution < 1.29 is 14.3 Å². The summed E-state index contributed by atoms with van der Waals surface area (Å²) in [6.45, 7) is 1.63. The molecule has 3 rings (SSSR count). The van der Waals surface area contributed by atoms with Gasteiger partial charge < -0.3 is 20.5 Å². The Morgan fingerprint density at radius 3 is 2.59 bits per heavy atom. The summed E-state index contributed by atoms with van der Waals surface area (Å²) in [6.07, 6.45) is 2.14. The van der Waals surface area contributed by atoms with Gasteiger partial charge in [-0.2, -0.15) is 0 Å². The second-order valence-electron chi connectivity index (χ2n) is 6.59. The normalized spacial score (nSPS) is 10.5. The Kier molecular flexibility index (Phi) is 7.19. The Hall–Kier alpha value is -3.38. The van der Waals surface area contributed by atoms with E-state index in [1.165, 1.54) is 6.20 Å². The second-order valence-corrected chi connectivity index (χ2v) is 6.59. The molecule has 0 bridgehead atoms. The molecule has 0 aliphatic heterocycles. The van der Waals surface area contributed by atoms with Crippen LogP contribution in [0.4, 0.5) is 5.69 Å². The summed E-state index contributed by atoms with van der Waals surface area (Å²) in [5, 5.41) is 3.30. The zero-order valence-electron chi connectivity index (χ0n) is 16.4. The smallest absolute Gasteiger partial charge is 0.252 e. The summed E-state index contributed by atoms with van der Waals surface area (Å²) < 4.78 is 10.7. The van der Waals surface area contributed by atoms with E-state index in [1.54, 1.807) is 7.11 Å². The first kappa shape index (κ1) is 20.4. The number of amides is 1. The van der Waals surface area contributed by atoms with Crippen LogP contribution in [0.25, 0.3) is 0 Å². The van der Waals surface area contributed by atoms with Crippen LogP contribution >= 0.6 is 0 Å². The average molecular weight is 391 g/mol. The third kappa shape index (κ3) is 6.05. The number of nitrogens with two attached hydrogens (primary N) is 1. The molecule has 29 heavy (non-hydrogen) atoms. The fraction of sp³-hybridized carbons (Fsp3) is 0.217. The van der Waals surface area contributed by atoms with Crippen molar-refractivity contribution in [3.05, 3.63) is 89.2 Å². The Morgan fingerprint density at radius 1 is 1.03 bits per heavy atom. The molecule has 0 aliphatic rings. The highest BCUT2D eigenvalue weighted by Gasteiger charge is 2.11. The van der Waals surface area contributed by atoms with Crippen LogP contribution in [0.1, 0.15) is 27.2 Å². The largest absolute Gasteiger partial charge is 0.491 e. The van der Waals surface area contributed by atoms with Crippen molar-refractivity contribution in [3.8, 4) is 5.75 Å². The van der Waals surface area contributed by atoms with E-state index < -0.39 is 5.91 Å². The molecule has 3 N–H and O–H groups in total. The lowest BCUT2D eigenvalue weighted by molar-refractivity contribution is 0.100. The van der Waals surface area contributed by atoms with Crippen LogP contribution in [0.2, 0.25) is 0 Å². The van der Waals surface area contributed by atoms with Crippen molar-refractivity contribution in [1.29, 1.82) is 0 Å². The Labute approximate surface area is 170 Å². The van der Waals surface area contributed by atoms with E-state index >= 15 is 0 Å². The number of carbonyl (C=O) groups is 1. The van der Waals surface area contributed by atoms with Crippen LogP contribution in [0.3, 0.4) is 0 Å². The lowest BCUT2D eigenvalue weighted by Crippen LogP contribution is -2.15. The molecule has 2 aromatic carbocycles. The van der Waals surface area contributed by atoms with E-state index in [0.717, 1.165) is 22.6 Å². The molecule has 6 heteroatoms. The first-order valence-corrected chi connectivity index (χ1v) is 9.43. The van der Waals surface area contributed by atoms with Gasteiger partial charge in [0.1, 0.15) is 12.4 Å². The molecule has 1 heterocycles. The minimum Gasteiger partial charge on any atom is -0.491 e.